The highest BCUT2D eigenvalue weighted by molar-refractivity contribution is 6.01. The first-order valence-corrected chi connectivity index (χ1v) is 9.95. The van der Waals surface area contributed by atoms with E-state index in [4.69, 9.17) is 10.7 Å². The lowest BCUT2D eigenvalue weighted by atomic mass is 10.0. The predicted molar refractivity (Wildman–Crippen MR) is 117 cm³/mol. The van der Waals surface area contributed by atoms with Gasteiger partial charge in [0.2, 0.25) is 0 Å². The van der Waals surface area contributed by atoms with E-state index in [1.165, 1.54) is 6.07 Å². The standard InChI is InChI=1S/C23H25N5O2/c1-15-20(23(30)28-12-10-27(2)11-13-28)21(17-8-9-19(29)18(24)14-17)26-22(25-15)16-6-4-3-5-7-16/h3-9,14,29H,10-13,24H2,1-2H3. The van der Waals surface area contributed by atoms with Crippen molar-refractivity contribution in [1.29, 1.82) is 0 Å². The van der Waals surface area contributed by atoms with Gasteiger partial charge in [-0.1, -0.05) is 30.3 Å². The van der Waals surface area contributed by atoms with Crippen molar-refractivity contribution in [2.45, 2.75) is 6.92 Å². The summed E-state index contributed by atoms with van der Waals surface area (Å²) in [7, 11) is 2.05. The summed E-state index contributed by atoms with van der Waals surface area (Å²) in [5.41, 5.74) is 9.33. The van der Waals surface area contributed by atoms with Gasteiger partial charge >= 0.3 is 0 Å². The number of phenolic OH excluding ortho intramolecular Hbond substituents is 1. The second-order valence-corrected chi connectivity index (χ2v) is 7.59. The quantitative estimate of drug-likeness (QED) is 0.516. The molecule has 154 valence electrons. The Hall–Kier alpha value is -3.45. The molecule has 1 aliphatic rings. The lowest BCUT2D eigenvalue weighted by molar-refractivity contribution is 0.0663. The number of rotatable bonds is 3. The molecule has 0 unspecified atom stereocenters. The molecule has 7 nitrogen and oxygen atoms in total. The largest absolute Gasteiger partial charge is 0.506 e. The van der Waals surface area contributed by atoms with E-state index in [9.17, 15) is 9.90 Å². The molecule has 1 aromatic heterocycles. The van der Waals surface area contributed by atoms with Crippen molar-refractivity contribution < 1.29 is 9.90 Å². The maximum absolute atomic E-state index is 13.5. The number of nitrogen functional groups attached to an aromatic ring is 1. The number of nitrogens with zero attached hydrogens (tertiary/aromatic N) is 4. The van der Waals surface area contributed by atoms with Crippen molar-refractivity contribution in [3.8, 4) is 28.4 Å². The number of hydrogen-bond donors (Lipinski definition) is 2. The summed E-state index contributed by atoms with van der Waals surface area (Å²) in [6.07, 6.45) is 0. The Morgan fingerprint density at radius 1 is 1.00 bits per heavy atom. The van der Waals surface area contributed by atoms with E-state index in [1.54, 1.807) is 12.1 Å². The number of amides is 1. The molecule has 1 aliphatic heterocycles. The lowest BCUT2D eigenvalue weighted by Crippen LogP contribution is -2.47. The van der Waals surface area contributed by atoms with E-state index in [1.807, 2.05) is 42.2 Å². The summed E-state index contributed by atoms with van der Waals surface area (Å²) in [6, 6.07) is 14.6. The molecule has 4 rings (SSSR count). The molecule has 7 heteroatoms. The minimum absolute atomic E-state index is 0.000227. The number of anilines is 1. The number of likely N-dealkylation sites (N-methyl/N-ethyl adjacent to an activating group) is 1. The van der Waals surface area contributed by atoms with Crippen molar-refractivity contribution in [3.63, 3.8) is 0 Å². The van der Waals surface area contributed by atoms with Gasteiger partial charge in [0.05, 0.1) is 22.6 Å². The Kier molecular flexibility index (Phi) is 5.37. The molecule has 0 spiro atoms. The van der Waals surface area contributed by atoms with E-state index in [0.29, 0.717) is 41.4 Å². The number of hydrogen-bond acceptors (Lipinski definition) is 6. The summed E-state index contributed by atoms with van der Waals surface area (Å²) >= 11 is 0. The molecule has 0 bridgehead atoms. The SMILES string of the molecule is Cc1nc(-c2ccccc2)nc(-c2ccc(O)c(N)c2)c1C(=O)N1CCN(C)CC1. The number of carbonyl (C=O) groups excluding carboxylic acids is 1. The molecule has 1 saturated heterocycles. The maximum atomic E-state index is 13.5. The minimum atomic E-state index is -0.0816. The molecule has 0 saturated carbocycles. The van der Waals surface area contributed by atoms with Crippen LogP contribution in [-0.2, 0) is 0 Å². The third-order valence-electron chi connectivity index (χ3n) is 5.43. The van der Waals surface area contributed by atoms with Gasteiger partial charge in [0.15, 0.2) is 5.82 Å². The molecule has 3 aromatic rings. The molecule has 0 atom stereocenters. The van der Waals surface area contributed by atoms with Crippen LogP contribution in [-0.4, -0.2) is 64.0 Å². The first-order chi connectivity index (χ1) is 14.4. The maximum Gasteiger partial charge on any atom is 0.258 e. The van der Waals surface area contributed by atoms with Gasteiger partial charge in [0.1, 0.15) is 5.75 Å². The van der Waals surface area contributed by atoms with Gasteiger partial charge in [0, 0.05) is 37.3 Å². The zero-order chi connectivity index (χ0) is 21.3. The van der Waals surface area contributed by atoms with Crippen LogP contribution < -0.4 is 5.73 Å². The molecule has 3 N–H and O–H groups in total. The molecule has 0 aliphatic carbocycles. The fourth-order valence-electron chi connectivity index (χ4n) is 3.62. The number of aryl methyl sites for hydroxylation is 1. The number of benzene rings is 2. The smallest absolute Gasteiger partial charge is 0.258 e. The summed E-state index contributed by atoms with van der Waals surface area (Å²) in [6.45, 7) is 4.81. The molecule has 1 amide bonds. The fraction of sp³-hybridized carbons (Fsp3) is 0.261. The number of nitrogens with two attached hydrogens (primary N) is 1. The molecule has 2 aromatic carbocycles. The van der Waals surface area contributed by atoms with E-state index in [2.05, 4.69) is 16.9 Å². The Labute approximate surface area is 175 Å². The Bertz CT molecular complexity index is 1080. The van der Waals surface area contributed by atoms with Crippen LogP contribution in [0.1, 0.15) is 16.1 Å². The molecular weight excluding hydrogens is 378 g/mol. The second kappa shape index (κ2) is 8.12. The first-order valence-electron chi connectivity index (χ1n) is 9.95. The summed E-state index contributed by atoms with van der Waals surface area (Å²) in [4.78, 5) is 26.9. The summed E-state index contributed by atoms with van der Waals surface area (Å²) in [5, 5.41) is 9.85. The lowest BCUT2D eigenvalue weighted by Gasteiger charge is -2.33. The van der Waals surface area contributed by atoms with Crippen LogP contribution in [0, 0.1) is 6.92 Å². The van der Waals surface area contributed by atoms with Crippen molar-refractivity contribution in [2.24, 2.45) is 0 Å². The zero-order valence-electron chi connectivity index (χ0n) is 17.2. The number of aromatic hydroxyl groups is 1. The average Bonchev–Trinajstić information content (AvgIpc) is 2.76. The zero-order valence-corrected chi connectivity index (χ0v) is 17.2. The molecular formula is C23H25N5O2. The van der Waals surface area contributed by atoms with Crippen LogP contribution in [0.4, 0.5) is 5.69 Å². The number of piperazine rings is 1. The minimum Gasteiger partial charge on any atom is -0.506 e. The third-order valence-corrected chi connectivity index (χ3v) is 5.43. The average molecular weight is 403 g/mol. The molecule has 30 heavy (non-hydrogen) atoms. The number of aromatic nitrogens is 2. The monoisotopic (exact) mass is 403 g/mol. The highest BCUT2D eigenvalue weighted by atomic mass is 16.3. The molecule has 1 fully saturated rings. The summed E-state index contributed by atoms with van der Waals surface area (Å²) < 4.78 is 0. The Balaban J connectivity index is 1.85. The molecule has 2 heterocycles. The Morgan fingerprint density at radius 2 is 1.70 bits per heavy atom. The Morgan fingerprint density at radius 3 is 2.37 bits per heavy atom. The van der Waals surface area contributed by atoms with Crippen LogP contribution in [0.25, 0.3) is 22.6 Å². The second-order valence-electron chi connectivity index (χ2n) is 7.59. The number of phenols is 1. The van der Waals surface area contributed by atoms with Crippen LogP contribution in [0.2, 0.25) is 0 Å². The van der Waals surface area contributed by atoms with E-state index in [0.717, 1.165) is 18.7 Å². The molecule has 0 radical (unpaired) electrons. The van der Waals surface area contributed by atoms with Gasteiger partial charge in [-0.2, -0.15) is 0 Å². The van der Waals surface area contributed by atoms with E-state index >= 15 is 0 Å². The number of carbonyl (C=O) groups is 1. The van der Waals surface area contributed by atoms with Crippen molar-refractivity contribution in [2.75, 3.05) is 39.0 Å². The van der Waals surface area contributed by atoms with E-state index in [-0.39, 0.29) is 17.3 Å². The fourth-order valence-corrected chi connectivity index (χ4v) is 3.62. The van der Waals surface area contributed by atoms with Gasteiger partial charge < -0.3 is 20.6 Å². The van der Waals surface area contributed by atoms with Gasteiger partial charge in [0.25, 0.3) is 5.91 Å². The van der Waals surface area contributed by atoms with Crippen molar-refractivity contribution in [3.05, 3.63) is 59.8 Å². The van der Waals surface area contributed by atoms with Gasteiger partial charge in [-0.05, 0) is 32.2 Å². The van der Waals surface area contributed by atoms with Crippen LogP contribution >= 0.6 is 0 Å². The highest BCUT2D eigenvalue weighted by Crippen LogP contribution is 2.32. The van der Waals surface area contributed by atoms with Gasteiger partial charge in [-0.3, -0.25) is 4.79 Å². The summed E-state index contributed by atoms with van der Waals surface area (Å²) in [5.74, 6) is 0.464. The van der Waals surface area contributed by atoms with Gasteiger partial charge in [-0.25, -0.2) is 9.97 Å². The predicted octanol–water partition coefficient (Wildman–Crippen LogP) is 2.79. The first kappa shape index (κ1) is 19.8. The van der Waals surface area contributed by atoms with E-state index < -0.39 is 0 Å². The van der Waals surface area contributed by atoms with Crippen molar-refractivity contribution >= 4 is 11.6 Å². The normalized spacial score (nSPS) is 14.7. The highest BCUT2D eigenvalue weighted by Gasteiger charge is 2.27. The van der Waals surface area contributed by atoms with Gasteiger partial charge in [-0.15, -0.1) is 0 Å². The third kappa shape index (κ3) is 3.84. The van der Waals surface area contributed by atoms with Crippen LogP contribution in [0.3, 0.4) is 0 Å². The van der Waals surface area contributed by atoms with Crippen molar-refractivity contribution in [1.82, 2.24) is 19.8 Å². The topological polar surface area (TPSA) is 95.6 Å². The van der Waals surface area contributed by atoms with Crippen LogP contribution in [0.5, 0.6) is 5.75 Å². The van der Waals surface area contributed by atoms with Crippen LogP contribution in [0.15, 0.2) is 48.5 Å².